The maximum absolute atomic E-state index is 13.4. The quantitative estimate of drug-likeness (QED) is 0.484. The second kappa shape index (κ2) is 12.1. The van der Waals surface area contributed by atoms with E-state index in [1.807, 2.05) is 0 Å². The summed E-state index contributed by atoms with van der Waals surface area (Å²) in [6.07, 6.45) is 1.05. The van der Waals surface area contributed by atoms with Gasteiger partial charge in [0.05, 0.1) is 5.69 Å². The van der Waals surface area contributed by atoms with E-state index in [9.17, 15) is 24.0 Å². The van der Waals surface area contributed by atoms with Gasteiger partial charge in [-0.25, -0.2) is 9.59 Å². The van der Waals surface area contributed by atoms with Crippen LogP contribution >= 0.6 is 0 Å². The molecule has 3 heterocycles. The van der Waals surface area contributed by atoms with Crippen molar-refractivity contribution in [2.45, 2.75) is 72.1 Å². The van der Waals surface area contributed by atoms with Crippen LogP contribution in [0.1, 0.15) is 67.5 Å². The molecule has 13 nitrogen and oxygen atoms in total. The van der Waals surface area contributed by atoms with E-state index in [1.54, 1.807) is 39.8 Å². The van der Waals surface area contributed by atoms with Gasteiger partial charge < -0.3 is 38.7 Å². The molecule has 0 spiro atoms. The van der Waals surface area contributed by atoms with Crippen molar-refractivity contribution in [3.8, 4) is 5.75 Å². The number of benzene rings is 1. The van der Waals surface area contributed by atoms with E-state index in [2.05, 4.69) is 10.6 Å². The number of aryl methyl sites for hydroxylation is 2. The van der Waals surface area contributed by atoms with Crippen LogP contribution in [-0.2, 0) is 20.9 Å². The maximum atomic E-state index is 13.4. The summed E-state index contributed by atoms with van der Waals surface area (Å²) in [5.74, 6) is -0.760. The molecular formula is C28H36N4O9. The summed E-state index contributed by atoms with van der Waals surface area (Å²) >= 11 is 0. The molecule has 4 amide bonds. The predicted octanol–water partition coefficient (Wildman–Crippen LogP) is 2.41. The van der Waals surface area contributed by atoms with Crippen molar-refractivity contribution in [3.05, 3.63) is 45.4 Å². The molecule has 0 radical (unpaired) electrons. The van der Waals surface area contributed by atoms with Crippen molar-refractivity contribution in [3.63, 3.8) is 0 Å². The fourth-order valence-electron chi connectivity index (χ4n) is 4.86. The highest BCUT2D eigenvalue weighted by Gasteiger charge is 2.41. The summed E-state index contributed by atoms with van der Waals surface area (Å²) in [5, 5.41) is 5.77. The van der Waals surface area contributed by atoms with Gasteiger partial charge in [-0.05, 0) is 58.2 Å². The molecule has 41 heavy (non-hydrogen) atoms. The number of carbonyl (C=O) groups is 4. The number of rotatable bonds is 8. The number of amides is 4. The first-order valence-corrected chi connectivity index (χ1v) is 13.6. The molecule has 2 N–H and O–H groups in total. The van der Waals surface area contributed by atoms with Gasteiger partial charge >= 0.3 is 11.9 Å². The third-order valence-corrected chi connectivity index (χ3v) is 7.12. The molecule has 0 bridgehead atoms. The topological polar surface area (TPSA) is 161 Å². The molecule has 13 heteroatoms. The lowest BCUT2D eigenvalue weighted by Gasteiger charge is -2.39. The van der Waals surface area contributed by atoms with Gasteiger partial charge in [0, 0.05) is 44.2 Å². The summed E-state index contributed by atoms with van der Waals surface area (Å²) in [6, 6.07) is 3.03. The Kier molecular flexibility index (Phi) is 8.74. The molecule has 0 unspecified atom stereocenters. The Morgan fingerprint density at radius 3 is 2.59 bits per heavy atom. The Bertz CT molecular complexity index is 1390. The average Bonchev–Trinajstić information content (AvgIpc) is 3.25. The number of ether oxygens (including phenoxy) is 2. The zero-order valence-corrected chi connectivity index (χ0v) is 24.0. The van der Waals surface area contributed by atoms with Gasteiger partial charge in [0.2, 0.25) is 5.91 Å². The SMILES string of the molecule is CCC(=O)NCCN1C(=O)C(C)(C)Oc2cc(C)c(C(=O)N[C@@H]3CCCN(C(=O)OCc4oc(=O)oc4C)C3)cc21. The fourth-order valence-corrected chi connectivity index (χ4v) is 4.86. The first-order chi connectivity index (χ1) is 19.4. The minimum absolute atomic E-state index is 0.122. The van der Waals surface area contributed by atoms with E-state index < -0.39 is 17.5 Å². The molecule has 2 aliphatic rings. The van der Waals surface area contributed by atoms with E-state index in [0.717, 1.165) is 0 Å². The molecule has 1 saturated heterocycles. The Morgan fingerprint density at radius 2 is 1.90 bits per heavy atom. The third kappa shape index (κ3) is 6.72. The van der Waals surface area contributed by atoms with E-state index in [-0.39, 0.29) is 61.5 Å². The van der Waals surface area contributed by atoms with Gasteiger partial charge in [-0.3, -0.25) is 14.4 Å². The van der Waals surface area contributed by atoms with Gasteiger partial charge in [-0.1, -0.05) is 6.92 Å². The van der Waals surface area contributed by atoms with Crippen LogP contribution < -0.4 is 26.1 Å². The third-order valence-electron chi connectivity index (χ3n) is 7.12. The van der Waals surface area contributed by atoms with Crippen LogP contribution in [0.25, 0.3) is 0 Å². The van der Waals surface area contributed by atoms with Crippen LogP contribution in [0.2, 0.25) is 0 Å². The number of carbonyl (C=O) groups excluding carboxylic acids is 4. The first-order valence-electron chi connectivity index (χ1n) is 13.6. The van der Waals surface area contributed by atoms with E-state index >= 15 is 0 Å². The summed E-state index contributed by atoms with van der Waals surface area (Å²) in [4.78, 5) is 65.2. The lowest BCUT2D eigenvalue weighted by atomic mass is 9.99. The lowest BCUT2D eigenvalue weighted by molar-refractivity contribution is -0.132. The van der Waals surface area contributed by atoms with Crippen molar-refractivity contribution in [2.75, 3.05) is 31.1 Å². The highest BCUT2D eigenvalue weighted by atomic mass is 16.6. The zero-order valence-electron chi connectivity index (χ0n) is 24.0. The van der Waals surface area contributed by atoms with Gasteiger partial charge in [-0.15, -0.1) is 0 Å². The van der Waals surface area contributed by atoms with Crippen LogP contribution in [0.15, 0.2) is 25.8 Å². The highest BCUT2D eigenvalue weighted by molar-refractivity contribution is 6.05. The van der Waals surface area contributed by atoms with Crippen LogP contribution in [0.5, 0.6) is 5.75 Å². The smallest absolute Gasteiger partial charge is 0.476 e. The normalized spacial score (nSPS) is 17.9. The van der Waals surface area contributed by atoms with Gasteiger partial charge in [0.1, 0.15) is 5.75 Å². The number of nitrogens with zero attached hydrogens (tertiary/aromatic N) is 2. The fraction of sp³-hybridized carbons (Fsp3) is 0.536. The van der Waals surface area contributed by atoms with Gasteiger partial charge in [-0.2, -0.15) is 0 Å². The van der Waals surface area contributed by atoms with Crippen molar-refractivity contribution < 1.29 is 37.5 Å². The second-order valence-corrected chi connectivity index (χ2v) is 10.7. The summed E-state index contributed by atoms with van der Waals surface area (Å²) in [7, 11) is 0. The number of fused-ring (bicyclic) bond motifs is 1. The Balaban J connectivity index is 1.44. The molecule has 1 aromatic heterocycles. The van der Waals surface area contributed by atoms with Crippen molar-refractivity contribution >= 4 is 29.5 Å². The summed E-state index contributed by atoms with van der Waals surface area (Å²) < 4.78 is 20.9. The first kappa shape index (κ1) is 29.7. The number of anilines is 1. The van der Waals surface area contributed by atoms with E-state index in [1.165, 1.54) is 16.7 Å². The van der Waals surface area contributed by atoms with E-state index in [4.69, 9.17) is 18.3 Å². The molecule has 1 aromatic carbocycles. The molecule has 2 aliphatic heterocycles. The van der Waals surface area contributed by atoms with Crippen molar-refractivity contribution in [2.24, 2.45) is 0 Å². The molecule has 4 rings (SSSR count). The van der Waals surface area contributed by atoms with Crippen LogP contribution in [0.3, 0.4) is 0 Å². The van der Waals surface area contributed by atoms with Gasteiger partial charge in [0.15, 0.2) is 23.7 Å². The maximum Gasteiger partial charge on any atom is 0.519 e. The van der Waals surface area contributed by atoms with Crippen molar-refractivity contribution in [1.29, 1.82) is 0 Å². The minimum atomic E-state index is -1.11. The van der Waals surface area contributed by atoms with Crippen LogP contribution in [0, 0.1) is 13.8 Å². The molecule has 1 fully saturated rings. The number of hydrogen-bond acceptors (Lipinski definition) is 9. The number of hydrogen-bond donors (Lipinski definition) is 2. The zero-order chi connectivity index (χ0) is 29.9. The van der Waals surface area contributed by atoms with Crippen molar-refractivity contribution in [1.82, 2.24) is 15.5 Å². The summed E-state index contributed by atoms with van der Waals surface area (Å²) in [5.41, 5.74) is 0.368. The molecular weight excluding hydrogens is 536 g/mol. The second-order valence-electron chi connectivity index (χ2n) is 10.7. The molecule has 1 atom stereocenters. The number of likely N-dealkylation sites (tertiary alicyclic amines) is 1. The largest absolute Gasteiger partial charge is 0.519 e. The molecule has 2 aromatic rings. The summed E-state index contributed by atoms with van der Waals surface area (Å²) in [6.45, 7) is 9.35. The Hall–Kier alpha value is -4.29. The van der Waals surface area contributed by atoms with Crippen LogP contribution in [-0.4, -0.2) is 66.5 Å². The van der Waals surface area contributed by atoms with Gasteiger partial charge in [0.25, 0.3) is 11.8 Å². The molecule has 222 valence electrons. The standard InChI is InChI=1S/C28H36N4O9/c1-6-23(33)29-9-11-32-20-13-19(16(2)12-21(20)41-28(4,5)25(32)35)24(34)30-18-8-7-10-31(14-18)26(36)38-15-22-17(3)39-27(37)40-22/h12-13,18H,6-11,14-15H2,1-5H3,(H,29,33)(H,30,34)/t18-/m1/s1. The highest BCUT2D eigenvalue weighted by Crippen LogP contribution is 2.39. The average molecular weight is 573 g/mol. The molecule has 0 aliphatic carbocycles. The predicted molar refractivity (Wildman–Crippen MR) is 146 cm³/mol. The minimum Gasteiger partial charge on any atom is -0.476 e. The lowest BCUT2D eigenvalue weighted by Crippen LogP contribution is -2.54. The van der Waals surface area contributed by atoms with Crippen LogP contribution in [0.4, 0.5) is 10.5 Å². The Morgan fingerprint density at radius 1 is 1.15 bits per heavy atom. The van der Waals surface area contributed by atoms with E-state index in [0.29, 0.717) is 48.4 Å². The molecule has 0 saturated carbocycles. The number of nitrogens with one attached hydrogen (secondary N) is 2. The Labute approximate surface area is 237 Å². The number of piperidine rings is 1. The monoisotopic (exact) mass is 572 g/mol.